The molecular formula is C27H41ClN4O2. The van der Waals surface area contributed by atoms with E-state index in [9.17, 15) is 0 Å². The Bertz CT molecular complexity index is 891. The first kappa shape index (κ1) is 29.5. The molecule has 1 aromatic carbocycles. The largest absolute Gasteiger partial charge is 0.475 e. The Labute approximate surface area is 210 Å². The van der Waals surface area contributed by atoms with Crippen LogP contribution in [0.2, 0.25) is 5.02 Å². The van der Waals surface area contributed by atoms with E-state index in [0.29, 0.717) is 30.6 Å². The van der Waals surface area contributed by atoms with Crippen LogP contribution >= 0.6 is 11.6 Å². The van der Waals surface area contributed by atoms with Gasteiger partial charge in [0.05, 0.1) is 18.0 Å². The summed E-state index contributed by atoms with van der Waals surface area (Å²) < 4.78 is 11.3. The van der Waals surface area contributed by atoms with Crippen LogP contribution in [0, 0.1) is 5.41 Å². The molecule has 0 saturated carbocycles. The van der Waals surface area contributed by atoms with Crippen molar-refractivity contribution in [3.05, 3.63) is 70.7 Å². The highest BCUT2D eigenvalue weighted by Gasteiger charge is 2.21. The fourth-order valence-corrected chi connectivity index (χ4v) is 3.85. The highest BCUT2D eigenvalue weighted by Crippen LogP contribution is 2.30. The van der Waals surface area contributed by atoms with E-state index in [1.807, 2.05) is 19.2 Å². The Balaban J connectivity index is 2.77. The predicted octanol–water partition coefficient (Wildman–Crippen LogP) is 6.39. The van der Waals surface area contributed by atoms with E-state index in [2.05, 4.69) is 67.5 Å². The number of methoxy groups -OCH3 is 1. The molecule has 0 unspecified atom stereocenters. The van der Waals surface area contributed by atoms with Gasteiger partial charge in [-0.2, -0.15) is 5.10 Å². The minimum Gasteiger partial charge on any atom is -0.475 e. The van der Waals surface area contributed by atoms with Crippen molar-refractivity contribution in [2.75, 3.05) is 20.8 Å². The number of rotatable bonds is 16. The first-order valence-electron chi connectivity index (χ1n) is 11.6. The van der Waals surface area contributed by atoms with E-state index in [1.165, 1.54) is 5.56 Å². The zero-order valence-electron chi connectivity index (χ0n) is 21.5. The van der Waals surface area contributed by atoms with Gasteiger partial charge in [0, 0.05) is 38.0 Å². The summed E-state index contributed by atoms with van der Waals surface area (Å²) in [4.78, 5) is 0. The van der Waals surface area contributed by atoms with Gasteiger partial charge in [0.25, 0.3) is 0 Å². The van der Waals surface area contributed by atoms with Crippen molar-refractivity contribution < 1.29 is 9.47 Å². The lowest BCUT2D eigenvalue weighted by Gasteiger charge is -2.27. The van der Waals surface area contributed by atoms with Crippen LogP contribution in [0.15, 0.2) is 64.7 Å². The van der Waals surface area contributed by atoms with Crippen LogP contribution in [0.5, 0.6) is 0 Å². The van der Waals surface area contributed by atoms with E-state index in [-0.39, 0.29) is 5.41 Å². The van der Waals surface area contributed by atoms with Crippen molar-refractivity contribution in [3.63, 3.8) is 0 Å². The van der Waals surface area contributed by atoms with Gasteiger partial charge in [0.2, 0.25) is 5.90 Å². The third-order valence-corrected chi connectivity index (χ3v) is 5.64. The lowest BCUT2D eigenvalue weighted by atomic mass is 9.83. The maximum absolute atomic E-state index is 6.21. The van der Waals surface area contributed by atoms with Crippen molar-refractivity contribution in [2.24, 2.45) is 15.6 Å². The molecule has 188 valence electrons. The van der Waals surface area contributed by atoms with Gasteiger partial charge in [0.1, 0.15) is 6.61 Å². The monoisotopic (exact) mass is 488 g/mol. The Kier molecular flexibility index (Phi) is 13.3. The zero-order chi connectivity index (χ0) is 25.6. The molecule has 0 spiro atoms. The normalized spacial score (nSPS) is 12.6. The van der Waals surface area contributed by atoms with E-state index < -0.39 is 0 Å². The summed E-state index contributed by atoms with van der Waals surface area (Å²) in [5.74, 6) is 0.563. The molecular weight excluding hydrogens is 448 g/mol. The predicted molar refractivity (Wildman–Crippen MR) is 145 cm³/mol. The number of nitrogens with one attached hydrogen (secondary N) is 2. The molecule has 0 aliphatic heterocycles. The fraction of sp³-hybridized carbons (Fsp3) is 0.481. The number of likely N-dealkylation sites (N-methyl/N-ethyl adjacent to an activating group) is 1. The summed E-state index contributed by atoms with van der Waals surface area (Å²) in [7, 11) is 3.52. The molecule has 34 heavy (non-hydrogen) atoms. The van der Waals surface area contributed by atoms with Crippen LogP contribution in [0.3, 0.4) is 0 Å². The molecule has 0 amide bonds. The first-order valence-corrected chi connectivity index (χ1v) is 12.0. The third kappa shape index (κ3) is 10.6. The number of halogens is 1. The average molecular weight is 489 g/mol. The maximum atomic E-state index is 6.21. The number of aryl methyl sites for hydroxylation is 1. The molecule has 0 aromatic heterocycles. The van der Waals surface area contributed by atoms with Gasteiger partial charge in [-0.05, 0) is 54.0 Å². The molecule has 0 fully saturated rings. The Hall–Kier alpha value is -2.57. The minimum atomic E-state index is -0.0495. The maximum Gasteiger partial charge on any atom is 0.208 e. The number of ether oxygens (including phenoxy) is 2. The average Bonchev–Trinajstić information content (AvgIpc) is 2.79. The van der Waals surface area contributed by atoms with Crippen molar-refractivity contribution in [1.29, 1.82) is 0 Å². The van der Waals surface area contributed by atoms with Gasteiger partial charge in [-0.25, -0.2) is 0 Å². The van der Waals surface area contributed by atoms with Crippen LogP contribution in [0.4, 0.5) is 0 Å². The van der Waals surface area contributed by atoms with E-state index >= 15 is 0 Å². The fourth-order valence-electron chi connectivity index (χ4n) is 3.66. The second-order valence-electron chi connectivity index (χ2n) is 8.94. The van der Waals surface area contributed by atoms with Gasteiger partial charge in [-0.1, -0.05) is 58.0 Å². The molecule has 7 heteroatoms. The zero-order valence-corrected chi connectivity index (χ0v) is 22.2. The van der Waals surface area contributed by atoms with Gasteiger partial charge >= 0.3 is 0 Å². The van der Waals surface area contributed by atoms with E-state index in [1.54, 1.807) is 13.2 Å². The number of hydrogen-bond donors (Lipinski definition) is 2. The van der Waals surface area contributed by atoms with Crippen molar-refractivity contribution in [2.45, 2.75) is 59.5 Å². The Morgan fingerprint density at radius 2 is 2.00 bits per heavy atom. The molecule has 0 aliphatic rings. The van der Waals surface area contributed by atoms with E-state index in [0.717, 1.165) is 48.3 Å². The summed E-state index contributed by atoms with van der Waals surface area (Å²) in [5, 5.41) is 15.0. The second-order valence-corrected chi connectivity index (χ2v) is 9.37. The molecule has 2 N–H and O–H groups in total. The van der Waals surface area contributed by atoms with Crippen molar-refractivity contribution >= 4 is 24.2 Å². The van der Waals surface area contributed by atoms with Crippen LogP contribution in [0.25, 0.3) is 0 Å². The Morgan fingerprint density at radius 3 is 2.59 bits per heavy atom. The van der Waals surface area contributed by atoms with Gasteiger partial charge in [-0.15, -0.1) is 5.10 Å². The summed E-state index contributed by atoms with van der Waals surface area (Å²) >= 11 is 6.21. The smallest absolute Gasteiger partial charge is 0.208 e. The molecule has 0 bridgehead atoms. The minimum absolute atomic E-state index is 0.0495. The van der Waals surface area contributed by atoms with Gasteiger partial charge in [0.15, 0.2) is 0 Å². The van der Waals surface area contributed by atoms with Gasteiger partial charge < -0.3 is 20.1 Å². The SMILES string of the molecule is C=C/C(NC(=C)CC(C)(C)CC/C(=N/N=C)OCc1cc(Cl)ccc1CCC)=C(/COC)NC. The topological polar surface area (TPSA) is 67.2 Å². The highest BCUT2D eigenvalue weighted by atomic mass is 35.5. The lowest BCUT2D eigenvalue weighted by Crippen LogP contribution is -2.24. The summed E-state index contributed by atoms with van der Waals surface area (Å²) in [5.41, 5.74) is 4.93. The third-order valence-electron chi connectivity index (χ3n) is 5.40. The molecule has 0 heterocycles. The molecule has 1 aromatic rings. The standard InChI is InChI=1S/C27H41ClN4O2/c1-9-11-21-12-13-23(28)16-22(21)18-34-26(32-30-7)14-15-27(4,5)17-20(3)31-24(10-2)25(29-6)19-33-8/h10,12-13,16,29,31H,2-3,7,9,11,14-15,17-19H2,1,4-6,8H3/b25-24+,32-26-. The summed E-state index contributed by atoms with van der Waals surface area (Å²) in [6.07, 6.45) is 6.03. The number of benzene rings is 1. The molecule has 0 saturated heterocycles. The van der Waals surface area contributed by atoms with Crippen LogP contribution < -0.4 is 10.6 Å². The number of allylic oxidation sites excluding steroid dienone is 2. The number of nitrogens with zero attached hydrogens (tertiary/aromatic N) is 2. The van der Waals surface area contributed by atoms with Crippen molar-refractivity contribution in [1.82, 2.24) is 10.6 Å². The van der Waals surface area contributed by atoms with Crippen LogP contribution in [-0.4, -0.2) is 33.4 Å². The van der Waals surface area contributed by atoms with Crippen LogP contribution in [0.1, 0.15) is 57.6 Å². The van der Waals surface area contributed by atoms with E-state index in [4.69, 9.17) is 21.1 Å². The van der Waals surface area contributed by atoms with Crippen molar-refractivity contribution in [3.8, 4) is 0 Å². The molecule has 0 atom stereocenters. The van der Waals surface area contributed by atoms with Crippen LogP contribution in [-0.2, 0) is 22.5 Å². The lowest BCUT2D eigenvalue weighted by molar-refractivity contribution is 0.220. The molecule has 6 nitrogen and oxygen atoms in total. The molecule has 1 rings (SSSR count). The number of hydrogen-bond acceptors (Lipinski definition) is 6. The Morgan fingerprint density at radius 1 is 1.26 bits per heavy atom. The second kappa shape index (κ2) is 15.4. The van der Waals surface area contributed by atoms with Gasteiger partial charge in [-0.3, -0.25) is 0 Å². The summed E-state index contributed by atoms with van der Waals surface area (Å²) in [6, 6.07) is 5.94. The summed E-state index contributed by atoms with van der Waals surface area (Å²) in [6.45, 7) is 19.0. The molecule has 0 radical (unpaired) electrons. The first-order chi connectivity index (χ1) is 16.2. The highest BCUT2D eigenvalue weighted by molar-refractivity contribution is 6.30. The molecule has 0 aliphatic carbocycles. The quantitative estimate of drug-likeness (QED) is 0.122.